The summed E-state index contributed by atoms with van der Waals surface area (Å²) in [6.07, 6.45) is 0. The third kappa shape index (κ3) is 4.38. The van der Waals surface area contributed by atoms with Gasteiger partial charge in [0.2, 0.25) is 5.91 Å². The zero-order valence-corrected chi connectivity index (χ0v) is 12.8. The Morgan fingerprint density at radius 1 is 1.15 bits per heavy atom. The van der Waals surface area contributed by atoms with E-state index in [0.717, 1.165) is 5.56 Å². The van der Waals surface area contributed by atoms with Crippen LogP contribution in [0.4, 0.5) is 0 Å². The average molecular weight is 272 g/mol. The first-order valence-corrected chi connectivity index (χ1v) is 7.19. The first kappa shape index (κ1) is 16.2. The van der Waals surface area contributed by atoms with E-state index < -0.39 is 5.92 Å². The number of carbonyl (C=O) groups is 1. The molecule has 0 heterocycles. The normalized spacial score (nSPS) is 12.5. The van der Waals surface area contributed by atoms with Gasteiger partial charge in [0.05, 0.1) is 6.07 Å². The fourth-order valence-corrected chi connectivity index (χ4v) is 2.49. The molecule has 0 aliphatic heterocycles. The Balaban J connectivity index is 2.68. The molecular formula is C17H24N2O. The summed E-state index contributed by atoms with van der Waals surface area (Å²) in [6.45, 7) is 9.27. The molecule has 0 aliphatic rings. The van der Waals surface area contributed by atoms with E-state index in [1.807, 2.05) is 30.3 Å². The minimum Gasteiger partial charge on any atom is -0.354 e. The van der Waals surface area contributed by atoms with E-state index in [0.29, 0.717) is 24.3 Å². The number of amides is 1. The van der Waals surface area contributed by atoms with Crippen molar-refractivity contribution in [1.82, 2.24) is 5.32 Å². The largest absolute Gasteiger partial charge is 0.354 e. The molecule has 1 atom stereocenters. The summed E-state index contributed by atoms with van der Waals surface area (Å²) < 4.78 is 0. The molecule has 0 bridgehead atoms. The molecule has 20 heavy (non-hydrogen) atoms. The van der Waals surface area contributed by atoms with Crippen molar-refractivity contribution >= 4 is 5.91 Å². The summed E-state index contributed by atoms with van der Waals surface area (Å²) in [4.78, 5) is 12.2. The van der Waals surface area contributed by atoms with Gasteiger partial charge >= 0.3 is 0 Å². The van der Waals surface area contributed by atoms with E-state index in [4.69, 9.17) is 0 Å². The van der Waals surface area contributed by atoms with Crippen LogP contribution in [-0.2, 0) is 4.79 Å². The van der Waals surface area contributed by atoms with E-state index in [9.17, 15) is 10.1 Å². The molecule has 0 saturated carbocycles. The Bertz CT molecular complexity index is 452. The molecule has 0 aliphatic carbocycles. The Morgan fingerprint density at radius 3 is 2.15 bits per heavy atom. The summed E-state index contributed by atoms with van der Waals surface area (Å²) in [6, 6.07) is 11.3. The first-order chi connectivity index (χ1) is 9.47. The van der Waals surface area contributed by atoms with Gasteiger partial charge in [-0.15, -0.1) is 0 Å². The van der Waals surface area contributed by atoms with Crippen molar-refractivity contribution in [2.75, 3.05) is 6.54 Å². The van der Waals surface area contributed by atoms with Crippen LogP contribution in [0.3, 0.4) is 0 Å². The molecule has 0 fully saturated rings. The van der Waals surface area contributed by atoms with Crippen LogP contribution >= 0.6 is 0 Å². The third-order valence-corrected chi connectivity index (χ3v) is 3.75. The summed E-state index contributed by atoms with van der Waals surface area (Å²) in [5.74, 6) is 0.510. The maximum Gasteiger partial charge on any atom is 0.241 e. The highest BCUT2D eigenvalue weighted by molar-refractivity contribution is 5.86. The van der Waals surface area contributed by atoms with Gasteiger partial charge in [-0.1, -0.05) is 58.0 Å². The highest BCUT2D eigenvalue weighted by Gasteiger charge is 2.23. The monoisotopic (exact) mass is 272 g/mol. The average Bonchev–Trinajstić information content (AvgIpc) is 2.40. The molecule has 1 aromatic carbocycles. The lowest BCUT2D eigenvalue weighted by molar-refractivity contribution is -0.121. The molecule has 1 aromatic rings. The van der Waals surface area contributed by atoms with E-state index in [2.05, 4.69) is 39.1 Å². The van der Waals surface area contributed by atoms with Gasteiger partial charge in [-0.25, -0.2) is 0 Å². The second kappa shape index (κ2) is 7.69. The van der Waals surface area contributed by atoms with Crippen LogP contribution in [0, 0.1) is 29.1 Å². The molecule has 0 saturated heterocycles. The minimum absolute atomic E-state index is 0.204. The van der Waals surface area contributed by atoms with Gasteiger partial charge < -0.3 is 5.32 Å². The van der Waals surface area contributed by atoms with E-state index in [1.54, 1.807) is 0 Å². The van der Waals surface area contributed by atoms with Crippen molar-refractivity contribution in [3.8, 4) is 6.07 Å². The van der Waals surface area contributed by atoms with E-state index in [1.165, 1.54) is 0 Å². The first-order valence-electron chi connectivity index (χ1n) is 7.19. The Morgan fingerprint density at radius 2 is 1.70 bits per heavy atom. The number of nitrogens with zero attached hydrogens (tertiary/aromatic N) is 1. The molecule has 3 heteroatoms. The predicted octanol–water partition coefficient (Wildman–Crippen LogP) is 3.34. The summed E-state index contributed by atoms with van der Waals surface area (Å²) in [5.41, 5.74) is 0.748. The molecule has 1 unspecified atom stereocenters. The molecule has 0 radical (unpaired) electrons. The maximum atomic E-state index is 12.2. The van der Waals surface area contributed by atoms with Crippen LogP contribution in [0.5, 0.6) is 0 Å². The van der Waals surface area contributed by atoms with Crippen molar-refractivity contribution in [3.05, 3.63) is 35.9 Å². The van der Waals surface area contributed by atoms with Crippen LogP contribution in [0.15, 0.2) is 30.3 Å². The van der Waals surface area contributed by atoms with Gasteiger partial charge in [0.15, 0.2) is 0 Å². The van der Waals surface area contributed by atoms with Gasteiger partial charge in [-0.05, 0) is 23.3 Å². The highest BCUT2D eigenvalue weighted by Crippen LogP contribution is 2.20. The Hall–Kier alpha value is -1.82. The molecule has 3 nitrogen and oxygen atoms in total. The standard InChI is InChI=1S/C17H24N2O/c1-12(2)16(13(3)4)11-19-17(20)15(10-18)14-8-6-5-7-9-14/h5-9,12-13,15-16H,11H2,1-4H3,(H,19,20). The second-order valence-electron chi connectivity index (χ2n) is 5.87. The quantitative estimate of drug-likeness (QED) is 0.863. The number of hydrogen-bond donors (Lipinski definition) is 1. The molecule has 0 aromatic heterocycles. The maximum absolute atomic E-state index is 12.2. The SMILES string of the molecule is CC(C)C(CNC(=O)C(C#N)c1ccccc1)C(C)C. The number of hydrogen-bond acceptors (Lipinski definition) is 2. The highest BCUT2D eigenvalue weighted by atomic mass is 16.1. The molecule has 108 valence electrons. The zero-order chi connectivity index (χ0) is 15.1. The van der Waals surface area contributed by atoms with Crippen LogP contribution in [0.2, 0.25) is 0 Å². The summed E-state index contributed by atoms with van der Waals surface area (Å²) in [5, 5.41) is 12.2. The fourth-order valence-electron chi connectivity index (χ4n) is 2.49. The minimum atomic E-state index is -0.726. The predicted molar refractivity (Wildman–Crippen MR) is 81.0 cm³/mol. The Kier molecular flexibility index (Phi) is 6.24. The van der Waals surface area contributed by atoms with Crippen LogP contribution < -0.4 is 5.32 Å². The number of nitrogens with one attached hydrogen (secondary N) is 1. The Labute approximate surface area is 122 Å². The van der Waals surface area contributed by atoms with Crippen LogP contribution in [0.25, 0.3) is 0 Å². The molecule has 1 N–H and O–H groups in total. The summed E-state index contributed by atoms with van der Waals surface area (Å²) >= 11 is 0. The number of nitriles is 1. The van der Waals surface area contributed by atoms with E-state index >= 15 is 0 Å². The van der Waals surface area contributed by atoms with Gasteiger partial charge in [-0.3, -0.25) is 4.79 Å². The van der Waals surface area contributed by atoms with Crippen molar-refractivity contribution in [1.29, 1.82) is 5.26 Å². The lowest BCUT2D eigenvalue weighted by Gasteiger charge is -2.25. The van der Waals surface area contributed by atoms with Crippen molar-refractivity contribution in [2.24, 2.45) is 17.8 Å². The number of benzene rings is 1. The smallest absolute Gasteiger partial charge is 0.241 e. The van der Waals surface area contributed by atoms with Crippen molar-refractivity contribution in [2.45, 2.75) is 33.6 Å². The van der Waals surface area contributed by atoms with Gasteiger partial charge in [-0.2, -0.15) is 5.26 Å². The van der Waals surface area contributed by atoms with Crippen LogP contribution in [0.1, 0.15) is 39.2 Å². The fraction of sp³-hybridized carbons (Fsp3) is 0.529. The number of carbonyl (C=O) groups excluding carboxylic acids is 1. The van der Waals surface area contributed by atoms with Gasteiger partial charge in [0.25, 0.3) is 0 Å². The molecule has 1 amide bonds. The van der Waals surface area contributed by atoms with Gasteiger partial charge in [0.1, 0.15) is 5.92 Å². The lowest BCUT2D eigenvalue weighted by atomic mass is 9.85. The van der Waals surface area contributed by atoms with Crippen molar-refractivity contribution in [3.63, 3.8) is 0 Å². The summed E-state index contributed by atoms with van der Waals surface area (Å²) in [7, 11) is 0. The van der Waals surface area contributed by atoms with E-state index in [-0.39, 0.29) is 5.91 Å². The molecule has 0 spiro atoms. The zero-order valence-electron chi connectivity index (χ0n) is 12.8. The van der Waals surface area contributed by atoms with Crippen LogP contribution in [-0.4, -0.2) is 12.5 Å². The molecule has 1 rings (SSSR count). The van der Waals surface area contributed by atoms with Gasteiger partial charge in [0, 0.05) is 6.54 Å². The topological polar surface area (TPSA) is 52.9 Å². The third-order valence-electron chi connectivity index (χ3n) is 3.75. The lowest BCUT2D eigenvalue weighted by Crippen LogP contribution is -2.36. The second-order valence-corrected chi connectivity index (χ2v) is 5.87. The molecular weight excluding hydrogens is 248 g/mol. The van der Waals surface area contributed by atoms with Crippen molar-refractivity contribution < 1.29 is 4.79 Å². The number of rotatable bonds is 6.